The summed E-state index contributed by atoms with van der Waals surface area (Å²) >= 11 is 5.48. The molecule has 0 bridgehead atoms. The topological polar surface area (TPSA) is 45.4 Å². The summed E-state index contributed by atoms with van der Waals surface area (Å²) in [4.78, 5) is 0. The molecule has 0 aliphatic carbocycles. The van der Waals surface area contributed by atoms with Crippen molar-refractivity contribution in [3.8, 4) is 17.4 Å². The first-order valence-corrected chi connectivity index (χ1v) is 6.90. The number of halogens is 2. The molecular formula is C11H9BrINO2. The Morgan fingerprint density at radius 3 is 2.31 bits per heavy atom. The lowest BCUT2D eigenvalue weighted by molar-refractivity contribution is 0.401. The summed E-state index contributed by atoms with van der Waals surface area (Å²) in [5.41, 5.74) is 1.45. The van der Waals surface area contributed by atoms with E-state index in [-0.39, 0.29) is 11.8 Å². The Balaban J connectivity index is 2.55. The zero-order valence-corrected chi connectivity index (χ0v) is 11.9. The van der Waals surface area contributed by atoms with E-state index in [1.54, 1.807) is 6.07 Å². The van der Waals surface area contributed by atoms with Crippen molar-refractivity contribution in [1.29, 1.82) is 0 Å². The van der Waals surface area contributed by atoms with Crippen LogP contribution in [0.3, 0.4) is 0 Å². The Labute approximate surface area is 115 Å². The molecular weight excluding hydrogens is 385 g/mol. The summed E-state index contributed by atoms with van der Waals surface area (Å²) in [6, 6.07) is 8.93. The summed E-state index contributed by atoms with van der Waals surface area (Å²) in [5.74, 6) is 0.140. The van der Waals surface area contributed by atoms with Gasteiger partial charge in [0.25, 0.3) is 0 Å². The molecule has 1 heterocycles. The molecule has 2 N–H and O–H groups in total. The van der Waals surface area contributed by atoms with Crippen LogP contribution in [-0.2, 0) is 4.43 Å². The largest absolute Gasteiger partial charge is 0.494 e. The minimum atomic E-state index is 0.0477. The Hall–Kier alpha value is -0.690. The van der Waals surface area contributed by atoms with Gasteiger partial charge in [0.15, 0.2) is 5.88 Å². The molecule has 0 fully saturated rings. The van der Waals surface area contributed by atoms with E-state index in [2.05, 4.69) is 38.5 Å². The Morgan fingerprint density at radius 2 is 1.81 bits per heavy atom. The van der Waals surface area contributed by atoms with Crippen molar-refractivity contribution in [2.75, 3.05) is 0 Å². The Bertz CT molecular complexity index is 507. The van der Waals surface area contributed by atoms with Crippen molar-refractivity contribution in [1.82, 2.24) is 4.57 Å². The monoisotopic (exact) mass is 393 g/mol. The SMILES string of the molecule is Oc1cc(CI)c(O)n1-c1ccc(Br)cc1. The average molecular weight is 394 g/mol. The van der Waals surface area contributed by atoms with Crippen molar-refractivity contribution in [2.24, 2.45) is 0 Å². The molecule has 16 heavy (non-hydrogen) atoms. The van der Waals surface area contributed by atoms with E-state index in [4.69, 9.17) is 0 Å². The van der Waals surface area contributed by atoms with E-state index in [9.17, 15) is 10.2 Å². The fourth-order valence-electron chi connectivity index (χ4n) is 1.48. The van der Waals surface area contributed by atoms with E-state index >= 15 is 0 Å². The van der Waals surface area contributed by atoms with E-state index in [1.165, 1.54) is 4.57 Å². The second-order valence-electron chi connectivity index (χ2n) is 3.30. The van der Waals surface area contributed by atoms with Crippen LogP contribution in [0, 0.1) is 0 Å². The molecule has 5 heteroatoms. The maximum absolute atomic E-state index is 9.92. The molecule has 2 aromatic rings. The van der Waals surface area contributed by atoms with Crippen LogP contribution in [0.15, 0.2) is 34.8 Å². The highest BCUT2D eigenvalue weighted by Gasteiger charge is 2.13. The predicted molar refractivity (Wildman–Crippen MR) is 74.5 cm³/mol. The fraction of sp³-hybridized carbons (Fsp3) is 0.0909. The van der Waals surface area contributed by atoms with Crippen molar-refractivity contribution < 1.29 is 10.2 Å². The van der Waals surface area contributed by atoms with Crippen LogP contribution in [0.4, 0.5) is 0 Å². The first-order chi connectivity index (χ1) is 7.63. The first kappa shape index (κ1) is 11.8. The van der Waals surface area contributed by atoms with Gasteiger partial charge in [-0.3, -0.25) is 4.57 Å². The van der Waals surface area contributed by atoms with Gasteiger partial charge >= 0.3 is 0 Å². The summed E-state index contributed by atoms with van der Waals surface area (Å²) in [6.07, 6.45) is 0. The highest BCUT2D eigenvalue weighted by atomic mass is 127. The van der Waals surface area contributed by atoms with E-state index in [0.717, 1.165) is 15.7 Å². The molecule has 3 nitrogen and oxygen atoms in total. The van der Waals surface area contributed by atoms with E-state index in [0.29, 0.717) is 4.43 Å². The maximum Gasteiger partial charge on any atom is 0.202 e. The third-order valence-corrected chi connectivity index (χ3v) is 3.61. The number of hydrogen-bond acceptors (Lipinski definition) is 2. The number of aromatic nitrogens is 1. The number of rotatable bonds is 2. The van der Waals surface area contributed by atoms with Crippen LogP contribution in [0.5, 0.6) is 11.8 Å². The van der Waals surface area contributed by atoms with Crippen LogP contribution in [0.1, 0.15) is 5.56 Å². The predicted octanol–water partition coefficient (Wildman–Crippen LogP) is 3.59. The molecule has 0 aliphatic heterocycles. The third-order valence-electron chi connectivity index (χ3n) is 2.26. The standard InChI is InChI=1S/C11H9BrINO2/c12-8-1-3-9(4-2-8)14-10(15)5-7(6-13)11(14)16/h1-5,15-16H,6H2. The van der Waals surface area contributed by atoms with Crippen molar-refractivity contribution in [3.05, 3.63) is 40.4 Å². The summed E-state index contributed by atoms with van der Waals surface area (Å²) in [5, 5.41) is 19.7. The molecule has 0 saturated heterocycles. The summed E-state index contributed by atoms with van der Waals surface area (Å²) < 4.78 is 3.03. The number of benzene rings is 1. The van der Waals surface area contributed by atoms with Crippen LogP contribution >= 0.6 is 38.5 Å². The zero-order chi connectivity index (χ0) is 11.7. The number of hydrogen-bond donors (Lipinski definition) is 2. The van der Waals surface area contributed by atoms with Gasteiger partial charge in [0.05, 0.1) is 5.69 Å². The Morgan fingerprint density at radius 1 is 1.19 bits per heavy atom. The van der Waals surface area contributed by atoms with Gasteiger partial charge < -0.3 is 10.2 Å². The van der Waals surface area contributed by atoms with E-state index in [1.807, 2.05) is 24.3 Å². The van der Waals surface area contributed by atoms with Crippen LogP contribution in [0.25, 0.3) is 5.69 Å². The average Bonchev–Trinajstić information content (AvgIpc) is 2.56. The molecule has 1 aromatic carbocycles. The molecule has 0 saturated carbocycles. The molecule has 0 amide bonds. The second-order valence-corrected chi connectivity index (χ2v) is 4.98. The minimum Gasteiger partial charge on any atom is -0.494 e. The number of nitrogens with zero attached hydrogens (tertiary/aromatic N) is 1. The molecule has 0 radical (unpaired) electrons. The normalized spacial score (nSPS) is 10.6. The van der Waals surface area contributed by atoms with E-state index < -0.39 is 0 Å². The number of alkyl halides is 1. The van der Waals surface area contributed by atoms with Gasteiger partial charge in [0.1, 0.15) is 0 Å². The minimum absolute atomic E-state index is 0.0477. The highest BCUT2D eigenvalue weighted by molar-refractivity contribution is 14.1. The maximum atomic E-state index is 9.92. The lowest BCUT2D eigenvalue weighted by Crippen LogP contribution is -1.92. The van der Waals surface area contributed by atoms with Crippen LogP contribution in [0.2, 0.25) is 0 Å². The fourth-order valence-corrected chi connectivity index (χ4v) is 2.31. The van der Waals surface area contributed by atoms with Gasteiger partial charge in [0.2, 0.25) is 5.88 Å². The molecule has 0 unspecified atom stereocenters. The molecule has 2 rings (SSSR count). The summed E-state index contributed by atoms with van der Waals surface area (Å²) in [6.45, 7) is 0. The van der Waals surface area contributed by atoms with Crippen molar-refractivity contribution >= 4 is 38.5 Å². The first-order valence-electron chi connectivity index (χ1n) is 4.58. The lowest BCUT2D eigenvalue weighted by Gasteiger charge is -2.06. The molecule has 1 aromatic heterocycles. The molecule has 0 aliphatic rings. The molecule has 0 spiro atoms. The molecule has 0 atom stereocenters. The van der Waals surface area contributed by atoms with Gasteiger partial charge in [-0.25, -0.2) is 0 Å². The second kappa shape index (κ2) is 4.67. The summed E-state index contributed by atoms with van der Waals surface area (Å²) in [7, 11) is 0. The smallest absolute Gasteiger partial charge is 0.202 e. The molecule has 84 valence electrons. The van der Waals surface area contributed by atoms with Gasteiger partial charge in [-0.1, -0.05) is 38.5 Å². The van der Waals surface area contributed by atoms with Crippen molar-refractivity contribution in [2.45, 2.75) is 4.43 Å². The Kier molecular flexibility index (Phi) is 3.44. The van der Waals surface area contributed by atoms with Gasteiger partial charge in [0, 0.05) is 20.5 Å². The van der Waals surface area contributed by atoms with Gasteiger partial charge in [-0.15, -0.1) is 0 Å². The van der Waals surface area contributed by atoms with Crippen molar-refractivity contribution in [3.63, 3.8) is 0 Å². The quantitative estimate of drug-likeness (QED) is 0.605. The van der Waals surface area contributed by atoms with Gasteiger partial charge in [-0.05, 0) is 24.3 Å². The number of aromatic hydroxyl groups is 2. The zero-order valence-electron chi connectivity index (χ0n) is 8.19. The van der Waals surface area contributed by atoms with Crippen LogP contribution < -0.4 is 0 Å². The van der Waals surface area contributed by atoms with Crippen LogP contribution in [-0.4, -0.2) is 14.8 Å². The third kappa shape index (κ3) is 2.06. The lowest BCUT2D eigenvalue weighted by atomic mass is 10.3. The highest BCUT2D eigenvalue weighted by Crippen LogP contribution is 2.33. The van der Waals surface area contributed by atoms with Gasteiger partial charge in [-0.2, -0.15) is 0 Å².